The Labute approximate surface area is 226 Å². The number of benzene rings is 2. The number of allylic oxidation sites excluding steroid dienone is 1. The second-order valence-electron chi connectivity index (χ2n) is 8.57. The zero-order chi connectivity index (χ0) is 26.8. The molecule has 3 aromatic heterocycles. The fourth-order valence-corrected chi connectivity index (χ4v) is 6.05. The van der Waals surface area contributed by atoms with Gasteiger partial charge in [0.05, 0.1) is 22.5 Å². The predicted molar refractivity (Wildman–Crippen MR) is 155 cm³/mol. The van der Waals surface area contributed by atoms with E-state index in [1.807, 2.05) is 66.7 Å². The summed E-state index contributed by atoms with van der Waals surface area (Å²) in [6.45, 7) is 5.81. The van der Waals surface area contributed by atoms with E-state index in [-0.39, 0.29) is 35.0 Å². The first kappa shape index (κ1) is 25.5. The van der Waals surface area contributed by atoms with Crippen molar-refractivity contribution in [1.82, 2.24) is 18.9 Å². The molecule has 0 radical (unpaired) electrons. The number of para-hydroxylation sites is 1. The van der Waals surface area contributed by atoms with E-state index in [0.717, 1.165) is 22.2 Å². The van der Waals surface area contributed by atoms with Gasteiger partial charge in [-0.2, -0.15) is 0 Å². The standard InChI is InChI=1S/C28H25N5O3S2/c1-4-15-32-26(35)21-16-22(19-11-7-5-8-12-19)38-25(21)30-28(32)37-17-23(34)29-24-18(2)31(3)33(27(24)36)20-13-9-6-10-14-20/h4-14,16H,1,15,17H2,2-3H3,(H,29,34). The lowest BCUT2D eigenvalue weighted by Gasteiger charge is -2.10. The van der Waals surface area contributed by atoms with Gasteiger partial charge >= 0.3 is 0 Å². The largest absolute Gasteiger partial charge is 0.319 e. The van der Waals surface area contributed by atoms with Crippen LogP contribution < -0.4 is 16.4 Å². The highest BCUT2D eigenvalue weighted by Gasteiger charge is 2.20. The van der Waals surface area contributed by atoms with E-state index in [0.29, 0.717) is 26.8 Å². The Balaban J connectivity index is 1.41. The van der Waals surface area contributed by atoms with Crippen LogP contribution in [0.25, 0.3) is 26.3 Å². The highest BCUT2D eigenvalue weighted by atomic mass is 32.2. The van der Waals surface area contributed by atoms with Crippen molar-refractivity contribution >= 4 is 44.9 Å². The van der Waals surface area contributed by atoms with Gasteiger partial charge in [0.1, 0.15) is 10.5 Å². The maximum Gasteiger partial charge on any atom is 0.295 e. The molecule has 0 atom stereocenters. The third-order valence-corrected chi connectivity index (χ3v) is 8.19. The van der Waals surface area contributed by atoms with Gasteiger partial charge < -0.3 is 5.32 Å². The first-order valence-corrected chi connectivity index (χ1v) is 13.7. The van der Waals surface area contributed by atoms with Gasteiger partial charge in [0.15, 0.2) is 5.16 Å². The zero-order valence-corrected chi connectivity index (χ0v) is 22.5. The molecule has 0 fully saturated rings. The molecule has 0 saturated heterocycles. The van der Waals surface area contributed by atoms with Crippen LogP contribution in [-0.4, -0.2) is 30.6 Å². The van der Waals surface area contributed by atoms with E-state index in [1.165, 1.54) is 20.6 Å². The topological polar surface area (TPSA) is 90.9 Å². The summed E-state index contributed by atoms with van der Waals surface area (Å²) in [7, 11) is 1.77. The molecule has 0 bridgehead atoms. The number of carbonyl (C=O) groups excluding carboxylic acids is 1. The Hall–Kier alpha value is -4.15. The molecule has 0 saturated carbocycles. The third-order valence-electron chi connectivity index (χ3n) is 6.14. The summed E-state index contributed by atoms with van der Waals surface area (Å²) in [4.78, 5) is 45.6. The van der Waals surface area contributed by atoms with E-state index in [9.17, 15) is 14.4 Å². The fourth-order valence-electron chi connectivity index (χ4n) is 4.16. The Morgan fingerprint density at radius 1 is 1.08 bits per heavy atom. The third kappa shape index (κ3) is 4.75. The van der Waals surface area contributed by atoms with E-state index in [2.05, 4.69) is 11.9 Å². The minimum atomic E-state index is -0.364. The van der Waals surface area contributed by atoms with Crippen LogP contribution in [0, 0.1) is 6.92 Å². The Morgan fingerprint density at radius 2 is 1.76 bits per heavy atom. The van der Waals surface area contributed by atoms with Crippen molar-refractivity contribution < 1.29 is 4.79 Å². The lowest BCUT2D eigenvalue weighted by atomic mass is 10.2. The van der Waals surface area contributed by atoms with Crippen molar-refractivity contribution in [1.29, 1.82) is 0 Å². The number of anilines is 1. The molecule has 2 aromatic carbocycles. The number of amides is 1. The Bertz CT molecular complexity index is 1770. The number of thiophene rings is 1. The van der Waals surface area contributed by atoms with Gasteiger partial charge in [-0.15, -0.1) is 17.9 Å². The first-order chi connectivity index (χ1) is 18.4. The number of nitrogens with one attached hydrogen (secondary N) is 1. The van der Waals surface area contributed by atoms with Crippen LogP contribution in [0.5, 0.6) is 0 Å². The highest BCUT2D eigenvalue weighted by Crippen LogP contribution is 2.32. The van der Waals surface area contributed by atoms with E-state index in [4.69, 9.17) is 4.98 Å². The molecule has 1 amide bonds. The smallest absolute Gasteiger partial charge is 0.295 e. The minimum absolute atomic E-state index is 0.0227. The summed E-state index contributed by atoms with van der Waals surface area (Å²) in [6.07, 6.45) is 1.63. The van der Waals surface area contributed by atoms with Crippen LogP contribution in [0.1, 0.15) is 5.69 Å². The van der Waals surface area contributed by atoms with Crippen molar-refractivity contribution in [3.05, 3.63) is 106 Å². The number of rotatable bonds is 8. The van der Waals surface area contributed by atoms with Crippen molar-refractivity contribution in [2.24, 2.45) is 7.05 Å². The number of fused-ring (bicyclic) bond motifs is 1. The second-order valence-corrected chi connectivity index (χ2v) is 10.5. The van der Waals surface area contributed by atoms with Gasteiger partial charge in [0.25, 0.3) is 11.1 Å². The van der Waals surface area contributed by atoms with Crippen LogP contribution in [0.3, 0.4) is 0 Å². The molecule has 192 valence electrons. The highest BCUT2D eigenvalue weighted by molar-refractivity contribution is 7.99. The maximum absolute atomic E-state index is 13.3. The van der Waals surface area contributed by atoms with Gasteiger partial charge in [-0.25, -0.2) is 9.67 Å². The molecule has 3 heterocycles. The van der Waals surface area contributed by atoms with Crippen LogP contribution in [0.2, 0.25) is 0 Å². The zero-order valence-electron chi connectivity index (χ0n) is 20.9. The number of nitrogens with zero attached hydrogens (tertiary/aromatic N) is 4. The first-order valence-electron chi connectivity index (χ1n) is 11.9. The molecule has 0 spiro atoms. The summed E-state index contributed by atoms with van der Waals surface area (Å²) in [6, 6.07) is 20.9. The molecular formula is C28H25N5O3S2. The molecule has 5 rings (SSSR count). The second kappa shape index (κ2) is 10.7. The fraction of sp³-hybridized carbons (Fsp3) is 0.143. The Kier molecular flexibility index (Phi) is 7.17. The van der Waals surface area contributed by atoms with Gasteiger partial charge in [-0.05, 0) is 30.7 Å². The molecular weight excluding hydrogens is 518 g/mol. The number of aromatic nitrogens is 4. The predicted octanol–water partition coefficient (Wildman–Crippen LogP) is 4.84. The van der Waals surface area contributed by atoms with Gasteiger partial charge in [0, 0.05) is 18.5 Å². The number of thioether (sulfide) groups is 1. The lowest BCUT2D eigenvalue weighted by Crippen LogP contribution is -2.25. The number of hydrogen-bond donors (Lipinski definition) is 1. The summed E-state index contributed by atoms with van der Waals surface area (Å²) >= 11 is 2.59. The molecule has 0 aliphatic heterocycles. The normalized spacial score (nSPS) is 11.1. The molecule has 10 heteroatoms. The summed E-state index contributed by atoms with van der Waals surface area (Å²) in [5, 5.41) is 3.72. The average molecular weight is 544 g/mol. The quantitative estimate of drug-likeness (QED) is 0.172. The summed E-state index contributed by atoms with van der Waals surface area (Å²) < 4.78 is 4.74. The van der Waals surface area contributed by atoms with E-state index in [1.54, 1.807) is 24.7 Å². The van der Waals surface area contributed by atoms with Crippen molar-refractivity contribution in [2.45, 2.75) is 18.6 Å². The van der Waals surface area contributed by atoms with Crippen molar-refractivity contribution in [3.8, 4) is 16.1 Å². The van der Waals surface area contributed by atoms with Crippen molar-refractivity contribution in [3.63, 3.8) is 0 Å². The van der Waals surface area contributed by atoms with Crippen molar-refractivity contribution in [2.75, 3.05) is 11.1 Å². The lowest BCUT2D eigenvalue weighted by molar-refractivity contribution is -0.113. The molecule has 38 heavy (non-hydrogen) atoms. The molecule has 0 unspecified atom stereocenters. The molecule has 8 nitrogen and oxygen atoms in total. The number of carbonyl (C=O) groups is 1. The van der Waals surface area contributed by atoms with Crippen LogP contribution in [0.4, 0.5) is 5.69 Å². The average Bonchev–Trinajstić information content (AvgIpc) is 3.45. The Morgan fingerprint density at radius 3 is 2.45 bits per heavy atom. The molecule has 0 aliphatic rings. The van der Waals surface area contributed by atoms with E-state index < -0.39 is 0 Å². The minimum Gasteiger partial charge on any atom is -0.319 e. The monoisotopic (exact) mass is 543 g/mol. The van der Waals surface area contributed by atoms with Gasteiger partial charge in [0.2, 0.25) is 5.91 Å². The SMILES string of the molecule is C=CCn1c(SCC(=O)Nc2c(C)n(C)n(-c3ccccc3)c2=O)nc2sc(-c3ccccc3)cc2c1=O. The molecule has 0 aliphatic carbocycles. The van der Waals surface area contributed by atoms with Crippen LogP contribution in [-0.2, 0) is 18.4 Å². The summed E-state index contributed by atoms with van der Waals surface area (Å²) in [5.41, 5.74) is 2.07. The van der Waals surface area contributed by atoms with E-state index >= 15 is 0 Å². The molecule has 5 aromatic rings. The van der Waals surface area contributed by atoms with Crippen LogP contribution in [0.15, 0.2) is 94.1 Å². The number of hydrogen-bond acceptors (Lipinski definition) is 6. The maximum atomic E-state index is 13.3. The van der Waals surface area contributed by atoms with Crippen LogP contribution >= 0.6 is 23.1 Å². The molecule has 1 N–H and O–H groups in total. The van der Waals surface area contributed by atoms with Gasteiger partial charge in [-0.1, -0.05) is 66.4 Å². The summed E-state index contributed by atoms with van der Waals surface area (Å²) in [5.74, 6) is -0.387. The van der Waals surface area contributed by atoms with Gasteiger partial charge in [-0.3, -0.25) is 23.6 Å².